The molecule has 2 aromatic carbocycles. The largest absolute Gasteiger partial charge is 0.380 e. The van der Waals surface area contributed by atoms with Gasteiger partial charge in [0, 0.05) is 31.5 Å². The van der Waals surface area contributed by atoms with E-state index in [9.17, 15) is 4.79 Å². The molecule has 0 fully saturated rings. The Kier molecular flexibility index (Phi) is 6.45. The van der Waals surface area contributed by atoms with Crippen molar-refractivity contribution < 1.29 is 9.53 Å². The first kappa shape index (κ1) is 19.6. The van der Waals surface area contributed by atoms with E-state index in [-0.39, 0.29) is 6.03 Å². The summed E-state index contributed by atoms with van der Waals surface area (Å²) in [5, 5.41) is 10.4. The second-order valence-electron chi connectivity index (χ2n) is 6.68. The first-order valence-corrected chi connectivity index (χ1v) is 9.27. The zero-order valence-electron chi connectivity index (χ0n) is 16.5. The van der Waals surface area contributed by atoms with Gasteiger partial charge in [0.25, 0.3) is 0 Å². The summed E-state index contributed by atoms with van der Waals surface area (Å²) in [7, 11) is 1.67. The third-order valence-corrected chi connectivity index (χ3v) is 4.65. The number of nitrogens with one attached hydrogen (secondary N) is 2. The van der Waals surface area contributed by atoms with E-state index in [1.807, 2.05) is 73.1 Å². The van der Waals surface area contributed by atoms with Crippen LogP contribution in [-0.4, -0.2) is 22.9 Å². The number of para-hydroxylation sites is 1. The number of amides is 2. The maximum absolute atomic E-state index is 12.2. The average Bonchev–Trinajstić information content (AvgIpc) is 3.00. The molecule has 0 saturated carbocycles. The summed E-state index contributed by atoms with van der Waals surface area (Å²) in [6, 6.07) is 17.8. The van der Waals surface area contributed by atoms with Crippen LogP contribution < -0.4 is 10.6 Å². The van der Waals surface area contributed by atoms with Crippen molar-refractivity contribution in [2.75, 3.05) is 7.11 Å². The zero-order valence-corrected chi connectivity index (χ0v) is 16.5. The molecule has 0 radical (unpaired) electrons. The first-order chi connectivity index (χ1) is 13.6. The molecule has 0 saturated heterocycles. The standard InChI is InChI=1S/C22H26N4O2/c1-16-21(17(2)26(25-16)20-7-5-4-6-8-20)14-24-22(27)23-13-18-9-11-19(12-10-18)15-28-3/h4-12H,13-15H2,1-3H3,(H2,23,24,27). The van der Waals surface area contributed by atoms with Gasteiger partial charge in [-0.3, -0.25) is 0 Å². The normalized spacial score (nSPS) is 10.7. The lowest BCUT2D eigenvalue weighted by Gasteiger charge is -2.09. The van der Waals surface area contributed by atoms with Crippen molar-refractivity contribution in [3.05, 3.63) is 82.7 Å². The van der Waals surface area contributed by atoms with E-state index in [4.69, 9.17) is 4.74 Å². The van der Waals surface area contributed by atoms with E-state index in [0.717, 1.165) is 33.8 Å². The van der Waals surface area contributed by atoms with Gasteiger partial charge >= 0.3 is 6.03 Å². The summed E-state index contributed by atoms with van der Waals surface area (Å²) < 4.78 is 7.01. The number of ether oxygens (including phenoxy) is 1. The molecule has 6 nitrogen and oxygen atoms in total. The highest BCUT2D eigenvalue weighted by molar-refractivity contribution is 5.73. The maximum atomic E-state index is 12.2. The van der Waals surface area contributed by atoms with Crippen LogP contribution in [0.3, 0.4) is 0 Å². The van der Waals surface area contributed by atoms with Gasteiger partial charge in [0.05, 0.1) is 18.0 Å². The fourth-order valence-electron chi connectivity index (χ4n) is 3.08. The second-order valence-corrected chi connectivity index (χ2v) is 6.68. The number of nitrogens with zero attached hydrogens (tertiary/aromatic N) is 2. The van der Waals surface area contributed by atoms with E-state index in [1.165, 1.54) is 0 Å². The van der Waals surface area contributed by atoms with Gasteiger partial charge in [0.15, 0.2) is 0 Å². The molecule has 0 atom stereocenters. The first-order valence-electron chi connectivity index (χ1n) is 9.27. The number of carbonyl (C=O) groups excluding carboxylic acids is 1. The molecule has 0 spiro atoms. The number of benzene rings is 2. The smallest absolute Gasteiger partial charge is 0.315 e. The Morgan fingerprint density at radius 1 is 0.964 bits per heavy atom. The Morgan fingerprint density at radius 2 is 1.61 bits per heavy atom. The van der Waals surface area contributed by atoms with Gasteiger partial charge in [0.1, 0.15) is 0 Å². The van der Waals surface area contributed by atoms with E-state index in [2.05, 4.69) is 15.7 Å². The monoisotopic (exact) mass is 378 g/mol. The highest BCUT2D eigenvalue weighted by Gasteiger charge is 2.13. The van der Waals surface area contributed by atoms with Gasteiger partial charge in [0.2, 0.25) is 0 Å². The number of carbonyl (C=O) groups is 1. The SMILES string of the molecule is COCc1ccc(CNC(=O)NCc2c(C)nn(-c3ccccc3)c2C)cc1. The van der Waals surface area contributed by atoms with Crippen molar-refractivity contribution in [2.45, 2.75) is 33.5 Å². The molecule has 2 N–H and O–H groups in total. The van der Waals surface area contributed by atoms with Crippen LogP contribution in [0, 0.1) is 13.8 Å². The lowest BCUT2D eigenvalue weighted by atomic mass is 10.1. The number of hydrogen-bond acceptors (Lipinski definition) is 3. The van der Waals surface area contributed by atoms with Crippen LogP contribution in [0.5, 0.6) is 0 Å². The van der Waals surface area contributed by atoms with Crippen LogP contribution in [0.1, 0.15) is 28.1 Å². The molecule has 3 rings (SSSR count). The van der Waals surface area contributed by atoms with Crippen molar-refractivity contribution in [3.63, 3.8) is 0 Å². The Bertz CT molecular complexity index is 918. The number of methoxy groups -OCH3 is 1. The highest BCUT2D eigenvalue weighted by atomic mass is 16.5. The minimum absolute atomic E-state index is 0.202. The van der Waals surface area contributed by atoms with Crippen molar-refractivity contribution in [2.24, 2.45) is 0 Å². The average molecular weight is 378 g/mol. The van der Waals surface area contributed by atoms with Gasteiger partial charge in [-0.2, -0.15) is 5.10 Å². The Hall–Kier alpha value is -3.12. The number of urea groups is 1. The summed E-state index contributed by atoms with van der Waals surface area (Å²) in [5.41, 5.74) is 6.13. The number of rotatable bonds is 7. The number of hydrogen-bond donors (Lipinski definition) is 2. The minimum Gasteiger partial charge on any atom is -0.380 e. The fraction of sp³-hybridized carbons (Fsp3) is 0.273. The van der Waals surface area contributed by atoms with Crippen LogP contribution in [-0.2, 0) is 24.4 Å². The minimum atomic E-state index is -0.202. The second kappa shape index (κ2) is 9.19. The Labute approximate surface area is 165 Å². The Morgan fingerprint density at radius 3 is 2.29 bits per heavy atom. The maximum Gasteiger partial charge on any atom is 0.315 e. The molecule has 1 aromatic heterocycles. The van der Waals surface area contributed by atoms with Crippen LogP contribution in [0.15, 0.2) is 54.6 Å². The molecule has 0 unspecified atom stereocenters. The molecule has 1 heterocycles. The van der Waals surface area contributed by atoms with E-state index in [0.29, 0.717) is 19.7 Å². The zero-order chi connectivity index (χ0) is 19.9. The highest BCUT2D eigenvalue weighted by Crippen LogP contribution is 2.17. The van der Waals surface area contributed by atoms with Crippen LogP contribution in [0.25, 0.3) is 5.69 Å². The molecule has 0 bridgehead atoms. The molecule has 0 aliphatic carbocycles. The fourth-order valence-corrected chi connectivity index (χ4v) is 3.08. The molecular weight excluding hydrogens is 352 g/mol. The van der Waals surface area contributed by atoms with Crippen LogP contribution >= 0.6 is 0 Å². The van der Waals surface area contributed by atoms with Gasteiger partial charge < -0.3 is 15.4 Å². The molecule has 3 aromatic rings. The van der Waals surface area contributed by atoms with Crippen LogP contribution in [0.2, 0.25) is 0 Å². The summed E-state index contributed by atoms with van der Waals surface area (Å²) in [6.07, 6.45) is 0. The van der Waals surface area contributed by atoms with Crippen LogP contribution in [0.4, 0.5) is 4.79 Å². The van der Waals surface area contributed by atoms with Crippen molar-refractivity contribution in [1.82, 2.24) is 20.4 Å². The van der Waals surface area contributed by atoms with E-state index >= 15 is 0 Å². The molecule has 0 aliphatic heterocycles. The Balaban J connectivity index is 1.55. The summed E-state index contributed by atoms with van der Waals surface area (Å²) >= 11 is 0. The number of aryl methyl sites for hydroxylation is 1. The van der Waals surface area contributed by atoms with Gasteiger partial charge in [-0.05, 0) is 37.1 Å². The predicted molar refractivity (Wildman–Crippen MR) is 109 cm³/mol. The summed E-state index contributed by atoms with van der Waals surface area (Å²) in [5.74, 6) is 0. The van der Waals surface area contributed by atoms with Gasteiger partial charge in [-0.15, -0.1) is 0 Å². The third-order valence-electron chi connectivity index (χ3n) is 4.65. The molecule has 2 amide bonds. The van der Waals surface area contributed by atoms with Crippen molar-refractivity contribution >= 4 is 6.03 Å². The van der Waals surface area contributed by atoms with Crippen molar-refractivity contribution in [3.8, 4) is 5.69 Å². The lowest BCUT2D eigenvalue weighted by Crippen LogP contribution is -2.34. The summed E-state index contributed by atoms with van der Waals surface area (Å²) in [6.45, 7) is 5.47. The lowest BCUT2D eigenvalue weighted by molar-refractivity contribution is 0.185. The summed E-state index contributed by atoms with van der Waals surface area (Å²) in [4.78, 5) is 12.2. The molecule has 146 valence electrons. The topological polar surface area (TPSA) is 68.2 Å². The number of aromatic nitrogens is 2. The van der Waals surface area contributed by atoms with Crippen molar-refractivity contribution in [1.29, 1.82) is 0 Å². The molecule has 28 heavy (non-hydrogen) atoms. The molecular formula is C22H26N4O2. The quantitative estimate of drug-likeness (QED) is 0.660. The van der Waals surface area contributed by atoms with E-state index in [1.54, 1.807) is 7.11 Å². The van der Waals surface area contributed by atoms with Gasteiger partial charge in [-0.25, -0.2) is 9.48 Å². The molecule has 0 aliphatic rings. The predicted octanol–water partition coefficient (Wildman–Crippen LogP) is 3.63. The van der Waals surface area contributed by atoms with Gasteiger partial charge in [-0.1, -0.05) is 42.5 Å². The van der Waals surface area contributed by atoms with E-state index < -0.39 is 0 Å². The molecule has 6 heteroatoms. The third kappa shape index (κ3) is 4.78.